The molecule has 1 saturated carbocycles. The van der Waals surface area contributed by atoms with Gasteiger partial charge in [-0.05, 0) is 56.0 Å². The monoisotopic (exact) mass is 411 g/mol. The van der Waals surface area contributed by atoms with E-state index in [1.807, 2.05) is 17.0 Å². The van der Waals surface area contributed by atoms with Crippen LogP contribution in [0.3, 0.4) is 0 Å². The quantitative estimate of drug-likeness (QED) is 0.570. The largest absolute Gasteiger partial charge is 0.490 e. The Morgan fingerprint density at radius 1 is 1.10 bits per heavy atom. The van der Waals surface area contributed by atoms with Gasteiger partial charge < -0.3 is 19.7 Å². The van der Waals surface area contributed by atoms with E-state index in [2.05, 4.69) is 5.32 Å². The highest BCUT2D eigenvalue weighted by Crippen LogP contribution is 2.28. The number of nitrogens with zero attached hydrogens (tertiary/aromatic N) is 2. The predicted octanol–water partition coefficient (Wildman–Crippen LogP) is 4.01. The molecule has 1 amide bonds. The minimum atomic E-state index is -0.491. The molecule has 0 spiro atoms. The van der Waals surface area contributed by atoms with Gasteiger partial charge in [0.1, 0.15) is 5.75 Å². The smallest absolute Gasteiger partial charge is 0.270 e. The number of hydrogen-bond acceptors (Lipinski definition) is 6. The molecule has 0 bridgehead atoms. The molecular weight excluding hydrogens is 386 g/mol. The van der Waals surface area contributed by atoms with Crippen LogP contribution in [-0.4, -0.2) is 43.2 Å². The summed E-state index contributed by atoms with van der Waals surface area (Å²) in [6.45, 7) is 2.37. The average Bonchev–Trinajstić information content (AvgIpc) is 3.28. The Balaban J connectivity index is 1.51. The van der Waals surface area contributed by atoms with E-state index in [9.17, 15) is 14.9 Å². The lowest BCUT2D eigenvalue weighted by Crippen LogP contribution is -2.37. The maximum absolute atomic E-state index is 13.0. The molecule has 1 aliphatic heterocycles. The zero-order chi connectivity index (χ0) is 20.9. The van der Waals surface area contributed by atoms with Crippen LogP contribution in [0.2, 0.25) is 0 Å². The highest BCUT2D eigenvalue weighted by molar-refractivity contribution is 6.08. The second-order valence-corrected chi connectivity index (χ2v) is 7.56. The van der Waals surface area contributed by atoms with Gasteiger partial charge in [-0.3, -0.25) is 14.9 Å². The second-order valence-electron chi connectivity index (χ2n) is 7.56. The van der Waals surface area contributed by atoms with Crippen LogP contribution in [0.4, 0.5) is 17.1 Å². The van der Waals surface area contributed by atoms with Crippen LogP contribution in [0.1, 0.15) is 36.0 Å². The molecule has 30 heavy (non-hydrogen) atoms. The highest BCUT2D eigenvalue weighted by Gasteiger charge is 2.22. The summed E-state index contributed by atoms with van der Waals surface area (Å²) in [7, 11) is 0. The van der Waals surface area contributed by atoms with Gasteiger partial charge in [-0.25, -0.2) is 0 Å². The molecule has 0 aromatic heterocycles. The fourth-order valence-corrected chi connectivity index (χ4v) is 3.91. The van der Waals surface area contributed by atoms with E-state index in [-0.39, 0.29) is 23.3 Å². The Labute approximate surface area is 174 Å². The normalized spacial score (nSPS) is 17.0. The average molecular weight is 411 g/mol. The molecule has 0 unspecified atom stereocenters. The van der Waals surface area contributed by atoms with Gasteiger partial charge in [0.15, 0.2) is 0 Å². The summed E-state index contributed by atoms with van der Waals surface area (Å²) in [6.07, 6.45) is 4.83. The number of amides is 1. The lowest BCUT2D eigenvalue weighted by molar-refractivity contribution is -0.384. The molecule has 1 saturated heterocycles. The summed E-state index contributed by atoms with van der Waals surface area (Å²) < 4.78 is 11.3. The van der Waals surface area contributed by atoms with E-state index in [4.69, 9.17) is 9.47 Å². The first-order valence-corrected chi connectivity index (χ1v) is 10.3. The van der Waals surface area contributed by atoms with Gasteiger partial charge in [-0.2, -0.15) is 0 Å². The van der Waals surface area contributed by atoms with Gasteiger partial charge in [-0.15, -0.1) is 0 Å². The van der Waals surface area contributed by atoms with E-state index < -0.39 is 4.92 Å². The van der Waals surface area contributed by atoms with Crippen LogP contribution in [0.25, 0.3) is 0 Å². The van der Waals surface area contributed by atoms with E-state index in [1.54, 1.807) is 18.2 Å². The van der Waals surface area contributed by atoms with E-state index in [0.29, 0.717) is 37.7 Å². The number of ether oxygens (including phenoxy) is 2. The first kappa shape index (κ1) is 20.2. The van der Waals surface area contributed by atoms with Crippen molar-refractivity contribution < 1.29 is 19.2 Å². The van der Waals surface area contributed by atoms with Crippen molar-refractivity contribution in [3.8, 4) is 5.75 Å². The van der Waals surface area contributed by atoms with Crippen molar-refractivity contribution in [1.82, 2.24) is 0 Å². The molecule has 0 atom stereocenters. The number of carbonyl (C=O) groups is 1. The molecule has 1 N–H and O–H groups in total. The van der Waals surface area contributed by atoms with Crippen LogP contribution in [-0.2, 0) is 4.74 Å². The number of morpholine rings is 1. The number of nitro benzene ring substituents is 1. The van der Waals surface area contributed by atoms with Crippen molar-refractivity contribution in [1.29, 1.82) is 0 Å². The zero-order valence-electron chi connectivity index (χ0n) is 16.7. The number of anilines is 2. The Morgan fingerprint density at radius 3 is 2.47 bits per heavy atom. The minimum absolute atomic E-state index is 0.113. The fourth-order valence-electron chi connectivity index (χ4n) is 3.91. The Morgan fingerprint density at radius 2 is 1.80 bits per heavy atom. The van der Waals surface area contributed by atoms with Crippen LogP contribution in [0.5, 0.6) is 5.75 Å². The Kier molecular flexibility index (Phi) is 6.13. The van der Waals surface area contributed by atoms with Gasteiger partial charge in [0.2, 0.25) is 0 Å². The Hall–Kier alpha value is -3.13. The SMILES string of the molecule is O=C(Nc1ccc(OC2CCCC2)cc1)c1cc([N+](=O)[O-])ccc1N1CCOCC1. The molecule has 2 fully saturated rings. The summed E-state index contributed by atoms with van der Waals surface area (Å²) in [5, 5.41) is 14.1. The second kappa shape index (κ2) is 9.13. The molecule has 4 rings (SSSR count). The van der Waals surface area contributed by atoms with Crippen molar-refractivity contribution in [3.63, 3.8) is 0 Å². The van der Waals surface area contributed by atoms with Crippen molar-refractivity contribution in [2.75, 3.05) is 36.5 Å². The summed E-state index contributed by atoms with van der Waals surface area (Å²) in [5.74, 6) is 0.397. The highest BCUT2D eigenvalue weighted by atomic mass is 16.6. The predicted molar refractivity (Wildman–Crippen MR) is 113 cm³/mol. The molecule has 0 radical (unpaired) electrons. The Bertz CT molecular complexity index is 903. The molecule has 1 aliphatic carbocycles. The summed E-state index contributed by atoms with van der Waals surface area (Å²) in [6, 6.07) is 11.6. The van der Waals surface area contributed by atoms with E-state index in [1.165, 1.54) is 25.0 Å². The number of nitrogens with one attached hydrogen (secondary N) is 1. The van der Waals surface area contributed by atoms with Crippen molar-refractivity contribution >= 4 is 23.0 Å². The van der Waals surface area contributed by atoms with Crippen molar-refractivity contribution in [2.45, 2.75) is 31.8 Å². The van der Waals surface area contributed by atoms with Crippen molar-refractivity contribution in [2.24, 2.45) is 0 Å². The standard InChI is InChI=1S/C22H25N3O5/c26-22(23-16-5-8-19(9-6-16)30-18-3-1-2-4-18)20-15-17(25(27)28)7-10-21(20)24-11-13-29-14-12-24/h5-10,15,18H,1-4,11-14H2,(H,23,26). The van der Waals surface area contributed by atoms with E-state index >= 15 is 0 Å². The van der Waals surface area contributed by atoms with Crippen LogP contribution in [0, 0.1) is 10.1 Å². The molecule has 8 heteroatoms. The van der Waals surface area contributed by atoms with Gasteiger partial charge >= 0.3 is 0 Å². The number of hydrogen-bond donors (Lipinski definition) is 1. The number of non-ortho nitro benzene ring substituents is 1. The van der Waals surface area contributed by atoms with Crippen LogP contribution >= 0.6 is 0 Å². The summed E-state index contributed by atoms with van der Waals surface area (Å²) in [5.41, 5.74) is 1.44. The first-order chi connectivity index (χ1) is 14.6. The lowest BCUT2D eigenvalue weighted by Gasteiger charge is -2.30. The molecule has 2 aliphatic rings. The van der Waals surface area contributed by atoms with Gasteiger partial charge in [0, 0.05) is 30.9 Å². The summed E-state index contributed by atoms with van der Waals surface area (Å²) in [4.78, 5) is 25.7. The molecule has 8 nitrogen and oxygen atoms in total. The number of benzene rings is 2. The number of rotatable bonds is 6. The molecule has 158 valence electrons. The molecular formula is C22H25N3O5. The maximum atomic E-state index is 13.0. The molecule has 1 heterocycles. The van der Waals surface area contributed by atoms with Crippen LogP contribution < -0.4 is 15.0 Å². The molecule has 2 aromatic carbocycles. The van der Waals surface area contributed by atoms with Crippen molar-refractivity contribution in [3.05, 3.63) is 58.1 Å². The topological polar surface area (TPSA) is 93.9 Å². The lowest BCUT2D eigenvalue weighted by atomic mass is 10.1. The zero-order valence-corrected chi connectivity index (χ0v) is 16.7. The minimum Gasteiger partial charge on any atom is -0.490 e. The van der Waals surface area contributed by atoms with E-state index in [0.717, 1.165) is 18.6 Å². The maximum Gasteiger partial charge on any atom is 0.270 e. The fraction of sp³-hybridized carbons (Fsp3) is 0.409. The third-order valence-corrected chi connectivity index (χ3v) is 5.50. The first-order valence-electron chi connectivity index (χ1n) is 10.3. The third-order valence-electron chi connectivity index (χ3n) is 5.50. The number of carbonyl (C=O) groups excluding carboxylic acids is 1. The summed E-state index contributed by atoms with van der Waals surface area (Å²) >= 11 is 0. The van der Waals surface area contributed by atoms with Gasteiger partial charge in [0.25, 0.3) is 11.6 Å². The molecule has 2 aromatic rings. The van der Waals surface area contributed by atoms with Crippen LogP contribution in [0.15, 0.2) is 42.5 Å². The number of nitro groups is 1. The van der Waals surface area contributed by atoms with Gasteiger partial charge in [0.05, 0.1) is 35.5 Å². The third kappa shape index (κ3) is 4.71. The van der Waals surface area contributed by atoms with Gasteiger partial charge in [-0.1, -0.05) is 0 Å².